The molecule has 1 N–H and O–H groups in total. The van der Waals surface area contributed by atoms with E-state index >= 15 is 0 Å². The summed E-state index contributed by atoms with van der Waals surface area (Å²) in [5.74, 6) is -0.226. The highest BCUT2D eigenvalue weighted by atomic mass is 32.2. The Kier molecular flexibility index (Phi) is 5.76. The number of carbonyl (C=O) groups is 2. The van der Waals surface area contributed by atoms with Crippen LogP contribution in [-0.2, 0) is 10.5 Å². The average Bonchev–Trinajstić information content (AvgIpc) is 2.67. The van der Waals surface area contributed by atoms with E-state index in [1.807, 2.05) is 30.3 Å². The van der Waals surface area contributed by atoms with E-state index in [4.69, 9.17) is 0 Å². The number of hydrogen-bond acceptors (Lipinski definition) is 3. The molecule has 1 amide bonds. The molecule has 0 spiro atoms. The van der Waals surface area contributed by atoms with Crippen LogP contribution in [0.2, 0.25) is 0 Å². The second kappa shape index (κ2) is 8.21. The van der Waals surface area contributed by atoms with E-state index in [0.717, 1.165) is 23.5 Å². The lowest BCUT2D eigenvalue weighted by atomic mass is 10.0. The number of carboxylic acid groups (broad SMARTS) is 1. The zero-order valence-electron chi connectivity index (χ0n) is 13.9. The van der Waals surface area contributed by atoms with Crippen molar-refractivity contribution in [2.24, 2.45) is 0 Å². The topological polar surface area (TPSA) is 57.6 Å². The molecule has 1 atom stereocenters. The quantitative estimate of drug-likeness (QED) is 0.822. The van der Waals surface area contributed by atoms with Gasteiger partial charge in [0.2, 0.25) is 0 Å². The van der Waals surface area contributed by atoms with Gasteiger partial charge < -0.3 is 10.0 Å². The van der Waals surface area contributed by atoms with Gasteiger partial charge in [0.15, 0.2) is 0 Å². The average molecular weight is 355 g/mol. The van der Waals surface area contributed by atoms with Crippen LogP contribution in [-0.4, -0.2) is 34.5 Å². The van der Waals surface area contributed by atoms with Gasteiger partial charge in [-0.2, -0.15) is 0 Å². The molecule has 1 heterocycles. The van der Waals surface area contributed by atoms with Crippen molar-refractivity contribution >= 4 is 23.6 Å². The number of thioether (sulfide) groups is 1. The number of carbonyl (C=O) groups excluding carboxylic acids is 1. The van der Waals surface area contributed by atoms with E-state index in [9.17, 15) is 14.7 Å². The van der Waals surface area contributed by atoms with Gasteiger partial charge in [0, 0.05) is 22.8 Å². The van der Waals surface area contributed by atoms with Gasteiger partial charge in [-0.1, -0.05) is 30.3 Å². The first-order chi connectivity index (χ1) is 12.1. The SMILES string of the molecule is O=C(O)C1CCCCN1C(=O)c1ccc(SCc2ccccc2)cc1. The maximum absolute atomic E-state index is 12.7. The fourth-order valence-electron chi connectivity index (χ4n) is 3.03. The number of likely N-dealkylation sites (tertiary alicyclic amines) is 1. The van der Waals surface area contributed by atoms with Crippen molar-refractivity contribution in [2.75, 3.05) is 6.54 Å². The first-order valence-electron chi connectivity index (χ1n) is 8.46. The summed E-state index contributed by atoms with van der Waals surface area (Å²) in [6, 6.07) is 17.0. The van der Waals surface area contributed by atoms with Crippen LogP contribution in [0, 0.1) is 0 Å². The molecule has 2 aromatic carbocycles. The molecule has 3 rings (SSSR count). The third-order valence-corrected chi connectivity index (χ3v) is 5.48. The molecule has 130 valence electrons. The monoisotopic (exact) mass is 355 g/mol. The first-order valence-corrected chi connectivity index (χ1v) is 9.44. The highest BCUT2D eigenvalue weighted by Gasteiger charge is 2.32. The number of carboxylic acids is 1. The number of amides is 1. The van der Waals surface area contributed by atoms with Crippen molar-refractivity contribution in [3.05, 3.63) is 65.7 Å². The van der Waals surface area contributed by atoms with E-state index < -0.39 is 12.0 Å². The molecule has 2 aromatic rings. The lowest BCUT2D eigenvalue weighted by Crippen LogP contribution is -2.47. The number of nitrogens with zero attached hydrogens (tertiary/aromatic N) is 1. The van der Waals surface area contributed by atoms with Gasteiger partial charge >= 0.3 is 5.97 Å². The first kappa shape index (κ1) is 17.5. The maximum Gasteiger partial charge on any atom is 0.326 e. The Hall–Kier alpha value is -2.27. The fourth-order valence-corrected chi connectivity index (χ4v) is 3.89. The van der Waals surface area contributed by atoms with Crippen LogP contribution in [0.4, 0.5) is 0 Å². The van der Waals surface area contributed by atoms with E-state index in [1.165, 1.54) is 10.5 Å². The van der Waals surface area contributed by atoms with E-state index in [-0.39, 0.29) is 5.91 Å². The van der Waals surface area contributed by atoms with Gasteiger partial charge in [-0.15, -0.1) is 11.8 Å². The molecule has 1 fully saturated rings. The van der Waals surface area contributed by atoms with Crippen LogP contribution < -0.4 is 0 Å². The minimum atomic E-state index is -0.914. The highest BCUT2D eigenvalue weighted by molar-refractivity contribution is 7.98. The van der Waals surface area contributed by atoms with Crippen LogP contribution in [0.15, 0.2) is 59.5 Å². The Labute approximate surface area is 151 Å². The zero-order valence-corrected chi connectivity index (χ0v) is 14.7. The van der Waals surface area contributed by atoms with Crippen LogP contribution in [0.5, 0.6) is 0 Å². The minimum Gasteiger partial charge on any atom is -0.480 e. The normalized spacial score (nSPS) is 17.3. The molecule has 25 heavy (non-hydrogen) atoms. The third kappa shape index (κ3) is 4.42. The molecule has 5 heteroatoms. The van der Waals surface area contributed by atoms with Crippen LogP contribution in [0.1, 0.15) is 35.2 Å². The zero-order chi connectivity index (χ0) is 17.6. The summed E-state index contributed by atoms with van der Waals surface area (Å²) in [4.78, 5) is 26.6. The number of benzene rings is 2. The molecule has 1 aliphatic heterocycles. The molecule has 0 bridgehead atoms. The largest absolute Gasteiger partial charge is 0.480 e. The molecule has 4 nitrogen and oxygen atoms in total. The Bertz CT molecular complexity index is 730. The van der Waals surface area contributed by atoms with Crippen molar-refractivity contribution < 1.29 is 14.7 Å². The molecular formula is C20H21NO3S. The van der Waals surface area contributed by atoms with Crippen molar-refractivity contribution in [2.45, 2.75) is 36.0 Å². The molecule has 1 aliphatic rings. The summed E-state index contributed by atoms with van der Waals surface area (Å²) in [5.41, 5.74) is 1.81. The van der Waals surface area contributed by atoms with Gasteiger partial charge in [0.25, 0.3) is 5.91 Å². The predicted octanol–water partition coefficient (Wildman–Crippen LogP) is 4.06. The van der Waals surface area contributed by atoms with Crippen molar-refractivity contribution in [3.8, 4) is 0 Å². The van der Waals surface area contributed by atoms with Crippen LogP contribution in [0.3, 0.4) is 0 Å². The Morgan fingerprint density at radius 3 is 2.44 bits per heavy atom. The van der Waals surface area contributed by atoms with Gasteiger partial charge in [0.05, 0.1) is 0 Å². The standard InChI is InChI=1S/C20H21NO3S/c22-19(21-13-5-4-8-18(21)20(23)24)16-9-11-17(12-10-16)25-14-15-6-2-1-3-7-15/h1-3,6-7,9-12,18H,4-5,8,13-14H2,(H,23,24). The lowest BCUT2D eigenvalue weighted by molar-refractivity contribution is -0.143. The molecular weight excluding hydrogens is 334 g/mol. The van der Waals surface area contributed by atoms with Crippen LogP contribution in [0.25, 0.3) is 0 Å². The van der Waals surface area contributed by atoms with Gasteiger partial charge in [0.1, 0.15) is 6.04 Å². The van der Waals surface area contributed by atoms with Gasteiger partial charge in [-0.05, 0) is 49.1 Å². The van der Waals surface area contributed by atoms with Crippen molar-refractivity contribution in [3.63, 3.8) is 0 Å². The van der Waals surface area contributed by atoms with Gasteiger partial charge in [-0.3, -0.25) is 4.79 Å². The minimum absolute atomic E-state index is 0.188. The summed E-state index contributed by atoms with van der Waals surface area (Å²) in [7, 11) is 0. The second-order valence-corrected chi connectivity index (χ2v) is 7.20. The molecule has 0 aliphatic carbocycles. The third-order valence-electron chi connectivity index (χ3n) is 4.40. The van der Waals surface area contributed by atoms with Crippen LogP contribution >= 0.6 is 11.8 Å². The van der Waals surface area contributed by atoms with E-state index in [0.29, 0.717) is 18.5 Å². The summed E-state index contributed by atoms with van der Waals surface area (Å²) in [6.07, 6.45) is 2.25. The number of rotatable bonds is 5. The maximum atomic E-state index is 12.7. The summed E-state index contributed by atoms with van der Waals surface area (Å²) >= 11 is 1.72. The fraction of sp³-hybridized carbons (Fsp3) is 0.300. The van der Waals surface area contributed by atoms with E-state index in [1.54, 1.807) is 23.9 Å². The van der Waals surface area contributed by atoms with Gasteiger partial charge in [-0.25, -0.2) is 4.79 Å². The summed E-state index contributed by atoms with van der Waals surface area (Å²) in [6.45, 7) is 0.514. The van der Waals surface area contributed by atoms with Crippen molar-refractivity contribution in [1.29, 1.82) is 0 Å². The molecule has 0 saturated carbocycles. The second-order valence-electron chi connectivity index (χ2n) is 6.15. The summed E-state index contributed by atoms with van der Waals surface area (Å²) < 4.78 is 0. The predicted molar refractivity (Wildman–Crippen MR) is 98.8 cm³/mol. The van der Waals surface area contributed by atoms with E-state index in [2.05, 4.69) is 12.1 Å². The van der Waals surface area contributed by atoms with Crippen molar-refractivity contribution in [1.82, 2.24) is 4.90 Å². The number of aliphatic carboxylic acids is 1. The Morgan fingerprint density at radius 1 is 1.04 bits per heavy atom. The Balaban J connectivity index is 1.65. The molecule has 1 saturated heterocycles. The molecule has 0 radical (unpaired) electrons. The summed E-state index contributed by atoms with van der Waals surface area (Å²) in [5, 5.41) is 9.33. The smallest absolute Gasteiger partial charge is 0.326 e. The number of piperidine rings is 1. The molecule has 0 aromatic heterocycles. The molecule has 1 unspecified atom stereocenters. The Morgan fingerprint density at radius 2 is 1.76 bits per heavy atom. The highest BCUT2D eigenvalue weighted by Crippen LogP contribution is 2.25. The lowest BCUT2D eigenvalue weighted by Gasteiger charge is -2.33. The number of hydrogen-bond donors (Lipinski definition) is 1.